The van der Waals surface area contributed by atoms with Crippen molar-refractivity contribution in [2.24, 2.45) is 0 Å². The Hall–Kier alpha value is -1.64. The van der Waals surface area contributed by atoms with E-state index in [4.69, 9.17) is 21.1 Å². The van der Waals surface area contributed by atoms with Crippen molar-refractivity contribution in [3.05, 3.63) is 59.1 Å². The van der Waals surface area contributed by atoms with Crippen LogP contribution in [-0.2, 0) is 21.3 Å². The van der Waals surface area contributed by atoms with Gasteiger partial charge in [-0.2, -0.15) is 4.31 Å². The van der Waals surface area contributed by atoms with E-state index in [1.165, 1.54) is 29.6 Å². The van der Waals surface area contributed by atoms with Crippen LogP contribution in [0.3, 0.4) is 0 Å². The number of sulfonamides is 1. The molecule has 2 saturated heterocycles. The van der Waals surface area contributed by atoms with Crippen LogP contribution in [-0.4, -0.2) is 63.1 Å². The fourth-order valence-electron chi connectivity index (χ4n) is 4.41. The molecule has 2 aromatic rings. The molecule has 0 radical (unpaired) electrons. The maximum atomic E-state index is 13.4. The molecule has 6 nitrogen and oxygen atoms in total. The largest absolute Gasteiger partial charge is 0.492 e. The Morgan fingerprint density at radius 3 is 2.55 bits per heavy atom. The molecule has 2 fully saturated rings. The predicted molar refractivity (Wildman–Crippen MR) is 130 cm³/mol. The van der Waals surface area contributed by atoms with Gasteiger partial charge in [-0.25, -0.2) is 8.42 Å². The van der Waals surface area contributed by atoms with E-state index in [1.54, 1.807) is 18.2 Å². The highest BCUT2D eigenvalue weighted by Gasteiger charge is 2.29. The smallest absolute Gasteiger partial charge is 0.243 e. The fraction of sp³-hybridized carbons (Fsp3) is 0.520. The van der Waals surface area contributed by atoms with Crippen LogP contribution < -0.4 is 4.74 Å². The van der Waals surface area contributed by atoms with Gasteiger partial charge in [0.2, 0.25) is 10.0 Å². The molecule has 0 spiro atoms. The molecular weight excluding hydrogens is 460 g/mol. The summed E-state index contributed by atoms with van der Waals surface area (Å²) < 4.78 is 40.0. The summed E-state index contributed by atoms with van der Waals surface area (Å²) in [6.07, 6.45) is 5.61. The molecule has 8 heteroatoms. The van der Waals surface area contributed by atoms with Gasteiger partial charge in [-0.1, -0.05) is 36.2 Å². The lowest BCUT2D eigenvalue weighted by molar-refractivity contribution is 0.0926. The number of hydrogen-bond donors (Lipinski definition) is 0. The molecule has 0 amide bonds. The Labute approximate surface area is 202 Å². The van der Waals surface area contributed by atoms with Crippen molar-refractivity contribution < 1.29 is 17.9 Å². The number of rotatable bonds is 10. The second kappa shape index (κ2) is 11.7. The Morgan fingerprint density at radius 1 is 1.06 bits per heavy atom. The number of benzene rings is 2. The Bertz CT molecular complexity index is 988. The van der Waals surface area contributed by atoms with Gasteiger partial charge in [-0.15, -0.1) is 0 Å². The van der Waals surface area contributed by atoms with E-state index in [0.717, 1.165) is 43.8 Å². The Morgan fingerprint density at radius 2 is 1.85 bits per heavy atom. The molecule has 0 aliphatic carbocycles. The van der Waals surface area contributed by atoms with Crippen molar-refractivity contribution in [1.29, 1.82) is 0 Å². The molecule has 180 valence electrons. The average molecular weight is 493 g/mol. The first-order chi connectivity index (χ1) is 16.0. The molecule has 0 N–H and O–H groups in total. The number of ether oxygens (including phenoxy) is 2. The molecule has 1 atom stereocenters. The third-order valence-corrected chi connectivity index (χ3v) is 8.32. The second-order valence-electron chi connectivity index (χ2n) is 8.78. The number of halogens is 1. The van der Waals surface area contributed by atoms with E-state index in [-0.39, 0.29) is 17.5 Å². The van der Waals surface area contributed by atoms with Crippen LogP contribution in [0.1, 0.15) is 37.7 Å². The van der Waals surface area contributed by atoms with Crippen molar-refractivity contribution in [1.82, 2.24) is 9.21 Å². The maximum absolute atomic E-state index is 13.4. The minimum Gasteiger partial charge on any atom is -0.492 e. The lowest BCUT2D eigenvalue weighted by Crippen LogP contribution is -2.37. The van der Waals surface area contributed by atoms with Crippen LogP contribution >= 0.6 is 11.6 Å². The second-order valence-corrected chi connectivity index (χ2v) is 11.2. The molecule has 4 rings (SSSR count). The SMILES string of the molecule is O=S(=O)(c1cccc(Cl)c1)N(Cc1ccc(OCCN2CCCCC2)cc1)C[C@@H]1CCCO1. The zero-order chi connectivity index (χ0) is 23.1. The molecule has 0 saturated carbocycles. The average Bonchev–Trinajstić information content (AvgIpc) is 3.34. The molecule has 2 aliphatic rings. The molecule has 0 bridgehead atoms. The molecule has 2 aliphatic heterocycles. The van der Waals surface area contributed by atoms with Crippen LogP contribution in [0, 0.1) is 0 Å². The van der Waals surface area contributed by atoms with Gasteiger partial charge in [0.05, 0.1) is 11.0 Å². The third-order valence-electron chi connectivity index (χ3n) is 6.27. The highest BCUT2D eigenvalue weighted by molar-refractivity contribution is 7.89. The van der Waals surface area contributed by atoms with E-state index in [9.17, 15) is 8.42 Å². The predicted octanol–water partition coefficient (Wildman–Crippen LogP) is 4.57. The van der Waals surface area contributed by atoms with E-state index in [2.05, 4.69) is 4.90 Å². The van der Waals surface area contributed by atoms with Crippen molar-refractivity contribution in [3.8, 4) is 5.75 Å². The fourth-order valence-corrected chi connectivity index (χ4v) is 6.17. The first-order valence-electron chi connectivity index (χ1n) is 11.8. The zero-order valence-electron chi connectivity index (χ0n) is 19.0. The van der Waals surface area contributed by atoms with E-state index in [0.29, 0.717) is 24.8 Å². The van der Waals surface area contributed by atoms with Crippen LogP contribution in [0.4, 0.5) is 0 Å². The Kier molecular flexibility index (Phi) is 8.66. The number of nitrogens with zero attached hydrogens (tertiary/aromatic N) is 2. The summed E-state index contributed by atoms with van der Waals surface area (Å²) in [6, 6.07) is 14.1. The first-order valence-corrected chi connectivity index (χ1v) is 13.6. The standard InChI is InChI=1S/C25H33ClN2O4S/c26-22-6-4-8-25(18-22)33(29,30)28(20-24-7-5-16-31-24)19-21-9-11-23(12-10-21)32-17-15-27-13-2-1-3-14-27/h4,6,8-12,18,24H,1-3,5,7,13-17,19-20H2/t24-/m0/s1. The molecular formula is C25H33ClN2O4S. The van der Waals surface area contributed by atoms with Gasteiger partial charge in [-0.3, -0.25) is 4.90 Å². The van der Waals surface area contributed by atoms with Gasteiger partial charge in [0.25, 0.3) is 0 Å². The lowest BCUT2D eigenvalue weighted by atomic mass is 10.1. The quantitative estimate of drug-likeness (QED) is 0.486. The topological polar surface area (TPSA) is 59.1 Å². The summed E-state index contributed by atoms with van der Waals surface area (Å²) in [5, 5.41) is 0.402. The summed E-state index contributed by atoms with van der Waals surface area (Å²) in [7, 11) is -3.71. The highest BCUT2D eigenvalue weighted by Crippen LogP contribution is 2.25. The Balaban J connectivity index is 1.41. The summed E-state index contributed by atoms with van der Waals surface area (Å²) in [6.45, 7) is 5.18. The summed E-state index contributed by atoms with van der Waals surface area (Å²) in [5.41, 5.74) is 0.905. The minimum atomic E-state index is -3.71. The van der Waals surface area contributed by atoms with Gasteiger partial charge >= 0.3 is 0 Å². The minimum absolute atomic E-state index is 0.0867. The summed E-state index contributed by atoms with van der Waals surface area (Å²) in [4.78, 5) is 2.65. The molecule has 33 heavy (non-hydrogen) atoms. The first kappa shape index (κ1) is 24.5. The third kappa shape index (κ3) is 6.93. The van der Waals surface area contributed by atoms with Crippen molar-refractivity contribution in [3.63, 3.8) is 0 Å². The maximum Gasteiger partial charge on any atom is 0.243 e. The van der Waals surface area contributed by atoms with Gasteiger partial charge in [0.1, 0.15) is 12.4 Å². The van der Waals surface area contributed by atoms with Gasteiger partial charge in [-0.05, 0) is 74.7 Å². The monoisotopic (exact) mass is 492 g/mol. The van der Waals surface area contributed by atoms with Crippen LogP contribution in [0.25, 0.3) is 0 Å². The van der Waals surface area contributed by atoms with E-state index >= 15 is 0 Å². The van der Waals surface area contributed by atoms with Crippen molar-refractivity contribution in [2.75, 3.05) is 39.4 Å². The highest BCUT2D eigenvalue weighted by atomic mass is 35.5. The normalized spacial score (nSPS) is 19.8. The van der Waals surface area contributed by atoms with Crippen LogP contribution in [0.5, 0.6) is 5.75 Å². The van der Waals surface area contributed by atoms with Crippen molar-refractivity contribution in [2.45, 2.75) is 49.6 Å². The lowest BCUT2D eigenvalue weighted by Gasteiger charge is -2.26. The van der Waals surface area contributed by atoms with Gasteiger partial charge < -0.3 is 9.47 Å². The van der Waals surface area contributed by atoms with Crippen LogP contribution in [0.2, 0.25) is 5.02 Å². The summed E-state index contributed by atoms with van der Waals surface area (Å²) >= 11 is 6.07. The van der Waals surface area contributed by atoms with E-state index in [1.807, 2.05) is 24.3 Å². The number of likely N-dealkylation sites (tertiary alicyclic amines) is 1. The molecule has 0 aromatic heterocycles. The van der Waals surface area contributed by atoms with Gasteiger partial charge in [0.15, 0.2) is 0 Å². The van der Waals surface area contributed by atoms with Crippen LogP contribution in [0.15, 0.2) is 53.4 Å². The molecule has 2 heterocycles. The van der Waals surface area contributed by atoms with E-state index < -0.39 is 10.0 Å². The number of piperidine rings is 1. The van der Waals surface area contributed by atoms with Crippen molar-refractivity contribution >= 4 is 21.6 Å². The molecule has 0 unspecified atom stereocenters. The zero-order valence-corrected chi connectivity index (χ0v) is 20.6. The summed E-state index contributed by atoms with van der Waals surface area (Å²) in [5.74, 6) is 0.805. The van der Waals surface area contributed by atoms with Gasteiger partial charge in [0, 0.05) is 31.3 Å². The molecule has 2 aromatic carbocycles. The number of hydrogen-bond acceptors (Lipinski definition) is 5.